The highest BCUT2D eigenvalue weighted by atomic mass is 35.5. The van der Waals surface area contributed by atoms with E-state index in [2.05, 4.69) is 15.2 Å². The van der Waals surface area contributed by atoms with Crippen LogP contribution in [-0.2, 0) is 10.0 Å². The first-order valence-corrected chi connectivity index (χ1v) is 12.2. The van der Waals surface area contributed by atoms with Gasteiger partial charge in [-0.05, 0) is 53.6 Å². The van der Waals surface area contributed by atoms with E-state index in [-0.39, 0.29) is 16.0 Å². The summed E-state index contributed by atoms with van der Waals surface area (Å²) in [6, 6.07) is 16.0. The molecule has 3 aromatic rings. The van der Waals surface area contributed by atoms with E-state index < -0.39 is 21.9 Å². The maximum absolute atomic E-state index is 13.7. The summed E-state index contributed by atoms with van der Waals surface area (Å²) < 4.78 is 47.7. The van der Waals surface area contributed by atoms with Crippen molar-refractivity contribution in [1.82, 2.24) is 10.1 Å². The molecular formula is C23H20Cl2FN3O3S. The molecule has 1 aliphatic rings. The molecule has 2 atom stereocenters. The quantitative estimate of drug-likeness (QED) is 0.457. The second kappa shape index (κ2) is 9.69. The van der Waals surface area contributed by atoms with Crippen LogP contribution in [0.4, 0.5) is 4.39 Å². The van der Waals surface area contributed by atoms with Gasteiger partial charge in [0.15, 0.2) is 0 Å². The van der Waals surface area contributed by atoms with Gasteiger partial charge in [-0.2, -0.15) is 9.82 Å². The van der Waals surface area contributed by atoms with Gasteiger partial charge >= 0.3 is 0 Å². The Morgan fingerprint density at radius 2 is 1.88 bits per heavy atom. The fourth-order valence-electron chi connectivity index (χ4n) is 3.58. The molecule has 6 nitrogen and oxygen atoms in total. The van der Waals surface area contributed by atoms with Crippen molar-refractivity contribution in [3.8, 4) is 5.75 Å². The average Bonchev–Trinajstić information content (AvgIpc) is 3.28. The molecule has 33 heavy (non-hydrogen) atoms. The van der Waals surface area contributed by atoms with Crippen LogP contribution in [0, 0.1) is 5.82 Å². The number of sulfonamides is 1. The monoisotopic (exact) mass is 507 g/mol. The molecule has 0 spiro atoms. The molecule has 0 fully saturated rings. The van der Waals surface area contributed by atoms with Crippen LogP contribution < -0.4 is 14.9 Å². The zero-order valence-electron chi connectivity index (χ0n) is 17.4. The number of benzene rings is 3. The predicted molar refractivity (Wildman–Crippen MR) is 127 cm³/mol. The van der Waals surface area contributed by atoms with Crippen LogP contribution in [0.3, 0.4) is 0 Å². The Balaban J connectivity index is 1.66. The predicted octanol–water partition coefficient (Wildman–Crippen LogP) is 5.25. The third-order valence-corrected chi connectivity index (χ3v) is 7.26. The first kappa shape index (κ1) is 23.5. The molecule has 0 radical (unpaired) electrons. The number of hydrazone groups is 1. The van der Waals surface area contributed by atoms with E-state index in [4.69, 9.17) is 27.9 Å². The van der Waals surface area contributed by atoms with Crippen molar-refractivity contribution in [2.75, 3.05) is 7.11 Å². The van der Waals surface area contributed by atoms with Crippen molar-refractivity contribution in [2.45, 2.75) is 23.4 Å². The zero-order chi connectivity index (χ0) is 23.6. The molecule has 1 heterocycles. The minimum absolute atomic E-state index is 0.168. The second-order valence-corrected chi connectivity index (χ2v) is 10.00. The SMILES string of the molecule is COc1ccc(C2CC(C(NS(=O)(=O)c3cccc(F)c3)c3ccc(Cl)cc3Cl)=NN2)cc1. The van der Waals surface area contributed by atoms with Crippen LogP contribution in [0.2, 0.25) is 10.0 Å². The molecule has 2 unspecified atom stereocenters. The van der Waals surface area contributed by atoms with Crippen LogP contribution in [0.15, 0.2) is 76.7 Å². The number of nitrogens with one attached hydrogen (secondary N) is 2. The molecule has 0 saturated heterocycles. The van der Waals surface area contributed by atoms with Crippen LogP contribution in [-0.4, -0.2) is 21.2 Å². The molecular weight excluding hydrogens is 488 g/mol. The van der Waals surface area contributed by atoms with Crippen molar-refractivity contribution < 1.29 is 17.5 Å². The third-order valence-electron chi connectivity index (χ3n) is 5.28. The summed E-state index contributed by atoms with van der Waals surface area (Å²) in [4.78, 5) is -0.198. The molecule has 172 valence electrons. The number of halogens is 3. The molecule has 1 aliphatic heterocycles. The number of nitrogens with zero attached hydrogens (tertiary/aromatic N) is 1. The van der Waals surface area contributed by atoms with Crippen LogP contribution in [0.5, 0.6) is 5.75 Å². The first-order chi connectivity index (χ1) is 15.8. The largest absolute Gasteiger partial charge is 0.497 e. The topological polar surface area (TPSA) is 79.8 Å². The Hall–Kier alpha value is -2.65. The minimum Gasteiger partial charge on any atom is -0.497 e. The van der Waals surface area contributed by atoms with Gasteiger partial charge in [-0.3, -0.25) is 0 Å². The standard InChI is InChI=1S/C23H20Cl2FN3O3S/c1-32-17-8-5-14(6-9-17)21-13-22(28-27-21)23(19-10-7-15(24)11-20(19)25)29-33(30,31)18-4-2-3-16(26)12-18/h2-12,21,23,27,29H,13H2,1H3. The van der Waals surface area contributed by atoms with Crippen molar-refractivity contribution in [3.63, 3.8) is 0 Å². The van der Waals surface area contributed by atoms with Crippen molar-refractivity contribution in [1.29, 1.82) is 0 Å². The fourth-order valence-corrected chi connectivity index (χ4v) is 5.33. The average molecular weight is 508 g/mol. The molecule has 3 aromatic carbocycles. The van der Waals surface area contributed by atoms with Crippen LogP contribution >= 0.6 is 23.2 Å². The van der Waals surface area contributed by atoms with E-state index in [1.54, 1.807) is 19.2 Å². The van der Waals surface area contributed by atoms with Crippen molar-refractivity contribution in [2.24, 2.45) is 5.10 Å². The Labute approximate surface area is 201 Å². The van der Waals surface area contributed by atoms with Crippen LogP contribution in [0.25, 0.3) is 0 Å². The van der Waals surface area contributed by atoms with Gasteiger partial charge in [0.25, 0.3) is 0 Å². The Bertz CT molecular complexity index is 1300. The molecule has 10 heteroatoms. The van der Waals surface area contributed by atoms with Gasteiger partial charge in [-0.1, -0.05) is 47.5 Å². The Morgan fingerprint density at radius 3 is 2.55 bits per heavy atom. The number of hydrogen-bond acceptors (Lipinski definition) is 5. The number of ether oxygens (including phenoxy) is 1. The zero-order valence-corrected chi connectivity index (χ0v) is 19.8. The summed E-state index contributed by atoms with van der Waals surface area (Å²) in [6.07, 6.45) is 0.418. The number of hydrogen-bond donors (Lipinski definition) is 2. The molecule has 0 bridgehead atoms. The summed E-state index contributed by atoms with van der Waals surface area (Å²) in [7, 11) is -2.50. The van der Waals surface area contributed by atoms with Crippen LogP contribution in [0.1, 0.15) is 29.6 Å². The maximum Gasteiger partial charge on any atom is 0.241 e. The maximum atomic E-state index is 13.7. The summed E-state index contributed by atoms with van der Waals surface area (Å²) in [6.45, 7) is 0. The smallest absolute Gasteiger partial charge is 0.241 e. The number of rotatable bonds is 7. The van der Waals surface area contributed by atoms with E-state index in [0.29, 0.717) is 22.7 Å². The van der Waals surface area contributed by atoms with Gasteiger partial charge in [-0.15, -0.1) is 0 Å². The molecule has 2 N–H and O–H groups in total. The highest BCUT2D eigenvalue weighted by Gasteiger charge is 2.32. The fraction of sp³-hybridized carbons (Fsp3) is 0.174. The summed E-state index contributed by atoms with van der Waals surface area (Å²) >= 11 is 12.5. The van der Waals surface area contributed by atoms with E-state index >= 15 is 0 Å². The normalized spacial score (nSPS) is 16.7. The van der Waals surface area contributed by atoms with Gasteiger partial charge in [0.1, 0.15) is 11.6 Å². The van der Waals surface area contributed by atoms with E-state index in [9.17, 15) is 12.8 Å². The highest BCUT2D eigenvalue weighted by molar-refractivity contribution is 7.89. The third kappa shape index (κ3) is 5.30. The lowest BCUT2D eigenvalue weighted by atomic mass is 9.96. The van der Waals surface area contributed by atoms with Gasteiger partial charge in [0, 0.05) is 16.5 Å². The van der Waals surface area contributed by atoms with Gasteiger partial charge in [0.05, 0.1) is 29.8 Å². The van der Waals surface area contributed by atoms with Gasteiger partial charge in [0.2, 0.25) is 10.0 Å². The Morgan fingerprint density at radius 1 is 1.12 bits per heavy atom. The first-order valence-electron chi connectivity index (χ1n) is 9.95. The highest BCUT2D eigenvalue weighted by Crippen LogP contribution is 2.33. The molecule has 4 rings (SSSR count). The van der Waals surface area contributed by atoms with Gasteiger partial charge < -0.3 is 10.2 Å². The Kier molecular flexibility index (Phi) is 6.90. The molecule has 0 amide bonds. The summed E-state index contributed by atoms with van der Waals surface area (Å²) in [5.41, 5.74) is 5.03. The lowest BCUT2D eigenvalue weighted by molar-refractivity contribution is 0.414. The molecule has 0 aromatic heterocycles. The minimum atomic E-state index is -4.09. The second-order valence-electron chi connectivity index (χ2n) is 7.44. The molecule has 0 saturated carbocycles. The molecule has 0 aliphatic carbocycles. The van der Waals surface area contributed by atoms with Gasteiger partial charge in [-0.25, -0.2) is 12.8 Å². The van der Waals surface area contributed by atoms with E-state index in [0.717, 1.165) is 17.4 Å². The summed E-state index contributed by atoms with van der Waals surface area (Å²) in [5.74, 6) is 0.0740. The lowest BCUT2D eigenvalue weighted by Gasteiger charge is -2.21. The lowest BCUT2D eigenvalue weighted by Crippen LogP contribution is -2.33. The summed E-state index contributed by atoms with van der Waals surface area (Å²) in [5, 5.41) is 5.11. The number of methoxy groups -OCH3 is 1. The van der Waals surface area contributed by atoms with Crippen molar-refractivity contribution in [3.05, 3.63) is 93.7 Å². The van der Waals surface area contributed by atoms with E-state index in [1.165, 1.54) is 24.3 Å². The van der Waals surface area contributed by atoms with Crippen molar-refractivity contribution >= 4 is 38.9 Å². The van der Waals surface area contributed by atoms with E-state index in [1.807, 2.05) is 24.3 Å².